The van der Waals surface area contributed by atoms with Crippen LogP contribution in [-0.2, 0) is 4.79 Å². The fraction of sp³-hybridized carbons (Fsp3) is 0.588. The van der Waals surface area contributed by atoms with Crippen molar-refractivity contribution in [1.29, 1.82) is 0 Å². The molecule has 2 aliphatic rings. The van der Waals surface area contributed by atoms with Crippen LogP contribution in [0.4, 0.5) is 4.39 Å². The number of halogens is 1. The average Bonchev–Trinajstić information content (AvgIpc) is 2.97. The molecule has 1 aliphatic heterocycles. The second kappa shape index (κ2) is 5.94. The van der Waals surface area contributed by atoms with E-state index in [1.165, 1.54) is 12.5 Å². The van der Waals surface area contributed by atoms with Crippen molar-refractivity contribution in [2.24, 2.45) is 5.92 Å². The molecule has 1 saturated heterocycles. The molecule has 2 fully saturated rings. The van der Waals surface area contributed by atoms with E-state index in [1.54, 1.807) is 6.07 Å². The Balaban J connectivity index is 1.78. The van der Waals surface area contributed by atoms with Crippen molar-refractivity contribution in [3.8, 4) is 0 Å². The SMILES string of the molecule is O=C(C1CCCCC1)N1CCCC1c1ccccc1F. The summed E-state index contributed by atoms with van der Waals surface area (Å²) in [7, 11) is 0. The molecule has 1 atom stereocenters. The average molecular weight is 275 g/mol. The molecule has 1 saturated carbocycles. The standard InChI is InChI=1S/C17H22FNO/c18-15-10-5-4-9-14(15)16-11-6-12-19(16)17(20)13-7-2-1-3-8-13/h4-5,9-10,13,16H,1-3,6-8,11-12H2. The smallest absolute Gasteiger partial charge is 0.226 e. The topological polar surface area (TPSA) is 20.3 Å². The van der Waals surface area contributed by atoms with Gasteiger partial charge >= 0.3 is 0 Å². The molecule has 3 rings (SSSR count). The Morgan fingerprint density at radius 1 is 1.05 bits per heavy atom. The molecule has 0 spiro atoms. The number of likely N-dealkylation sites (tertiary alicyclic amines) is 1. The molecule has 0 radical (unpaired) electrons. The van der Waals surface area contributed by atoms with E-state index in [1.807, 2.05) is 17.0 Å². The van der Waals surface area contributed by atoms with Crippen LogP contribution in [-0.4, -0.2) is 17.4 Å². The molecule has 1 amide bonds. The van der Waals surface area contributed by atoms with Gasteiger partial charge in [0.2, 0.25) is 5.91 Å². The lowest BCUT2D eigenvalue weighted by Gasteiger charge is -2.31. The monoisotopic (exact) mass is 275 g/mol. The van der Waals surface area contributed by atoms with Crippen molar-refractivity contribution in [2.45, 2.75) is 51.0 Å². The summed E-state index contributed by atoms with van der Waals surface area (Å²) in [5, 5.41) is 0. The first-order chi connectivity index (χ1) is 9.77. The minimum atomic E-state index is -0.180. The lowest BCUT2D eigenvalue weighted by molar-refractivity contribution is -0.137. The molecule has 2 nitrogen and oxygen atoms in total. The summed E-state index contributed by atoms with van der Waals surface area (Å²) in [5.41, 5.74) is 0.689. The minimum absolute atomic E-state index is 0.0503. The van der Waals surface area contributed by atoms with E-state index in [0.717, 1.165) is 45.1 Å². The van der Waals surface area contributed by atoms with Gasteiger partial charge in [0, 0.05) is 18.0 Å². The van der Waals surface area contributed by atoms with Crippen molar-refractivity contribution in [3.05, 3.63) is 35.6 Å². The van der Waals surface area contributed by atoms with E-state index in [-0.39, 0.29) is 23.7 Å². The molecule has 108 valence electrons. The van der Waals surface area contributed by atoms with Gasteiger partial charge in [0.25, 0.3) is 0 Å². The minimum Gasteiger partial charge on any atom is -0.335 e. The Kier molecular flexibility index (Phi) is 4.04. The molecule has 0 bridgehead atoms. The summed E-state index contributed by atoms with van der Waals surface area (Å²) in [6, 6.07) is 6.84. The van der Waals surface area contributed by atoms with Crippen molar-refractivity contribution in [3.63, 3.8) is 0 Å². The largest absolute Gasteiger partial charge is 0.335 e. The van der Waals surface area contributed by atoms with E-state index in [4.69, 9.17) is 0 Å². The maximum Gasteiger partial charge on any atom is 0.226 e. The number of benzene rings is 1. The zero-order valence-corrected chi connectivity index (χ0v) is 11.9. The molecular formula is C17H22FNO. The molecule has 1 aromatic carbocycles. The Bertz CT molecular complexity index is 482. The number of amides is 1. The lowest BCUT2D eigenvalue weighted by Crippen LogP contribution is -2.36. The fourth-order valence-corrected chi connectivity index (χ4v) is 3.68. The van der Waals surface area contributed by atoms with E-state index in [9.17, 15) is 9.18 Å². The molecule has 1 aliphatic carbocycles. The number of carbonyl (C=O) groups is 1. The summed E-state index contributed by atoms with van der Waals surface area (Å²) < 4.78 is 14.0. The van der Waals surface area contributed by atoms with Gasteiger partial charge in [-0.25, -0.2) is 4.39 Å². The van der Waals surface area contributed by atoms with Gasteiger partial charge in [-0.15, -0.1) is 0 Å². The zero-order chi connectivity index (χ0) is 13.9. The second-order valence-corrected chi connectivity index (χ2v) is 6.05. The molecule has 1 aromatic rings. The third-order valence-corrected chi connectivity index (χ3v) is 4.75. The Hall–Kier alpha value is -1.38. The quantitative estimate of drug-likeness (QED) is 0.796. The van der Waals surface area contributed by atoms with Crippen LogP contribution >= 0.6 is 0 Å². The summed E-state index contributed by atoms with van der Waals surface area (Å²) in [5.74, 6) is 0.257. The van der Waals surface area contributed by atoms with Crippen molar-refractivity contribution < 1.29 is 9.18 Å². The van der Waals surface area contributed by atoms with E-state index in [2.05, 4.69) is 0 Å². The van der Waals surface area contributed by atoms with Crippen LogP contribution in [0.25, 0.3) is 0 Å². The van der Waals surface area contributed by atoms with E-state index >= 15 is 0 Å². The van der Waals surface area contributed by atoms with Gasteiger partial charge in [-0.1, -0.05) is 37.5 Å². The molecule has 3 heteroatoms. The van der Waals surface area contributed by atoms with Crippen LogP contribution in [0.3, 0.4) is 0 Å². The fourth-order valence-electron chi connectivity index (χ4n) is 3.68. The predicted octanol–water partition coefficient (Wildman–Crippen LogP) is 4.07. The van der Waals surface area contributed by atoms with Crippen LogP contribution in [0.1, 0.15) is 56.6 Å². The summed E-state index contributed by atoms with van der Waals surface area (Å²) in [4.78, 5) is 14.6. The molecule has 0 N–H and O–H groups in total. The molecule has 0 aromatic heterocycles. The Morgan fingerprint density at radius 3 is 2.55 bits per heavy atom. The summed E-state index contributed by atoms with van der Waals surface area (Å²) in [6.45, 7) is 0.786. The zero-order valence-electron chi connectivity index (χ0n) is 11.9. The van der Waals surface area contributed by atoms with Crippen molar-refractivity contribution >= 4 is 5.91 Å². The van der Waals surface area contributed by atoms with Crippen LogP contribution in [0.15, 0.2) is 24.3 Å². The van der Waals surface area contributed by atoms with Gasteiger partial charge in [0.05, 0.1) is 6.04 Å². The highest BCUT2D eigenvalue weighted by Gasteiger charge is 2.35. The third kappa shape index (κ3) is 2.58. The summed E-state index contributed by atoms with van der Waals surface area (Å²) >= 11 is 0. The Morgan fingerprint density at radius 2 is 1.80 bits per heavy atom. The summed E-state index contributed by atoms with van der Waals surface area (Å²) in [6.07, 6.45) is 7.47. The molecule has 1 heterocycles. The van der Waals surface area contributed by atoms with Crippen LogP contribution in [0.5, 0.6) is 0 Å². The Labute approximate surface area is 120 Å². The van der Waals surface area contributed by atoms with Crippen molar-refractivity contribution in [2.75, 3.05) is 6.54 Å². The number of carbonyl (C=O) groups excluding carboxylic acids is 1. The first-order valence-corrected chi connectivity index (χ1v) is 7.82. The maximum absolute atomic E-state index is 14.0. The van der Waals surface area contributed by atoms with Gasteiger partial charge in [-0.05, 0) is 31.7 Å². The van der Waals surface area contributed by atoms with Gasteiger partial charge in [-0.2, -0.15) is 0 Å². The van der Waals surface area contributed by atoms with E-state index in [0.29, 0.717) is 5.56 Å². The molecule has 20 heavy (non-hydrogen) atoms. The second-order valence-electron chi connectivity index (χ2n) is 6.05. The number of rotatable bonds is 2. The lowest BCUT2D eigenvalue weighted by atomic mass is 9.88. The number of nitrogens with zero attached hydrogens (tertiary/aromatic N) is 1. The van der Waals surface area contributed by atoms with Gasteiger partial charge in [-0.3, -0.25) is 4.79 Å². The first kappa shape index (κ1) is 13.6. The highest BCUT2D eigenvalue weighted by atomic mass is 19.1. The first-order valence-electron chi connectivity index (χ1n) is 7.82. The van der Waals surface area contributed by atoms with Crippen molar-refractivity contribution in [1.82, 2.24) is 4.90 Å². The van der Waals surface area contributed by atoms with Gasteiger partial charge in [0.1, 0.15) is 5.82 Å². The maximum atomic E-state index is 14.0. The highest BCUT2D eigenvalue weighted by molar-refractivity contribution is 5.79. The number of hydrogen-bond acceptors (Lipinski definition) is 1. The van der Waals surface area contributed by atoms with Gasteiger partial charge < -0.3 is 4.90 Å². The van der Waals surface area contributed by atoms with Crippen LogP contribution in [0.2, 0.25) is 0 Å². The molecule has 1 unspecified atom stereocenters. The highest BCUT2D eigenvalue weighted by Crippen LogP contribution is 2.36. The van der Waals surface area contributed by atoms with Gasteiger partial charge in [0.15, 0.2) is 0 Å². The molecular weight excluding hydrogens is 253 g/mol. The third-order valence-electron chi connectivity index (χ3n) is 4.75. The normalized spacial score (nSPS) is 24.1. The van der Waals surface area contributed by atoms with E-state index < -0.39 is 0 Å². The number of hydrogen-bond donors (Lipinski definition) is 0. The predicted molar refractivity (Wildman–Crippen MR) is 76.7 cm³/mol. The van der Waals surface area contributed by atoms with Crippen LogP contribution < -0.4 is 0 Å². The van der Waals surface area contributed by atoms with Crippen LogP contribution in [0, 0.1) is 11.7 Å².